The van der Waals surface area contributed by atoms with Crippen LogP contribution in [-0.2, 0) is 19.4 Å². The van der Waals surface area contributed by atoms with Crippen LogP contribution < -0.4 is 0 Å². The highest BCUT2D eigenvalue weighted by molar-refractivity contribution is 5.88. The maximum atomic E-state index is 13.5. The first kappa shape index (κ1) is 13.8. The van der Waals surface area contributed by atoms with Crippen molar-refractivity contribution in [1.82, 2.24) is 9.55 Å². The highest BCUT2D eigenvalue weighted by atomic mass is 19.1. The van der Waals surface area contributed by atoms with Gasteiger partial charge < -0.3 is 9.67 Å². The van der Waals surface area contributed by atoms with Gasteiger partial charge in [0.2, 0.25) is 0 Å². The van der Waals surface area contributed by atoms with Crippen molar-refractivity contribution >= 4 is 5.97 Å². The molecule has 0 bridgehead atoms. The SMILES string of the molecule is Cc1nc2c(n1Cc1ccc(F)c(C(=O)O)c1)CCCC2. The van der Waals surface area contributed by atoms with E-state index in [0.717, 1.165) is 36.3 Å². The Morgan fingerprint density at radius 3 is 2.90 bits per heavy atom. The van der Waals surface area contributed by atoms with Crippen LogP contribution in [0.5, 0.6) is 0 Å². The van der Waals surface area contributed by atoms with Gasteiger partial charge >= 0.3 is 5.97 Å². The fourth-order valence-electron chi connectivity index (χ4n) is 2.96. The highest BCUT2D eigenvalue weighted by Crippen LogP contribution is 2.23. The second-order valence-electron chi connectivity index (χ2n) is 5.47. The van der Waals surface area contributed by atoms with Gasteiger partial charge in [0.05, 0.1) is 11.3 Å². The molecule has 1 aromatic heterocycles. The molecule has 0 amide bonds. The molecule has 0 atom stereocenters. The molecule has 3 rings (SSSR count). The van der Waals surface area contributed by atoms with E-state index in [1.807, 2.05) is 6.92 Å². The number of carbonyl (C=O) groups is 1. The molecule has 1 aliphatic carbocycles. The van der Waals surface area contributed by atoms with Crippen molar-refractivity contribution in [3.8, 4) is 0 Å². The second-order valence-corrected chi connectivity index (χ2v) is 5.47. The van der Waals surface area contributed by atoms with Gasteiger partial charge in [0.15, 0.2) is 0 Å². The molecule has 1 N–H and O–H groups in total. The number of carboxylic acids is 1. The van der Waals surface area contributed by atoms with Crippen molar-refractivity contribution in [1.29, 1.82) is 0 Å². The number of aryl methyl sites for hydroxylation is 2. The van der Waals surface area contributed by atoms with E-state index in [1.165, 1.54) is 24.2 Å². The van der Waals surface area contributed by atoms with Gasteiger partial charge in [-0.05, 0) is 50.3 Å². The number of nitrogens with zero attached hydrogens (tertiary/aromatic N) is 2. The average molecular weight is 288 g/mol. The van der Waals surface area contributed by atoms with Crippen molar-refractivity contribution < 1.29 is 14.3 Å². The molecule has 21 heavy (non-hydrogen) atoms. The van der Waals surface area contributed by atoms with Gasteiger partial charge in [0, 0.05) is 12.2 Å². The fraction of sp³-hybridized carbons (Fsp3) is 0.375. The van der Waals surface area contributed by atoms with Crippen LogP contribution in [0.3, 0.4) is 0 Å². The quantitative estimate of drug-likeness (QED) is 0.944. The number of imidazole rings is 1. The predicted molar refractivity (Wildman–Crippen MR) is 76.1 cm³/mol. The fourth-order valence-corrected chi connectivity index (χ4v) is 2.96. The summed E-state index contributed by atoms with van der Waals surface area (Å²) >= 11 is 0. The first-order chi connectivity index (χ1) is 10.1. The highest BCUT2D eigenvalue weighted by Gasteiger charge is 2.18. The Hall–Kier alpha value is -2.17. The van der Waals surface area contributed by atoms with Crippen LogP contribution in [0.1, 0.15) is 46.0 Å². The summed E-state index contributed by atoms with van der Waals surface area (Å²) in [6, 6.07) is 4.26. The Morgan fingerprint density at radius 1 is 1.38 bits per heavy atom. The molecule has 2 aromatic rings. The van der Waals surface area contributed by atoms with Gasteiger partial charge in [-0.15, -0.1) is 0 Å². The zero-order valence-corrected chi connectivity index (χ0v) is 11.9. The number of hydrogen-bond acceptors (Lipinski definition) is 2. The molecule has 0 aliphatic heterocycles. The number of halogens is 1. The number of fused-ring (bicyclic) bond motifs is 1. The maximum absolute atomic E-state index is 13.5. The topological polar surface area (TPSA) is 55.1 Å². The third-order valence-corrected chi connectivity index (χ3v) is 4.03. The van der Waals surface area contributed by atoms with Crippen molar-refractivity contribution in [2.75, 3.05) is 0 Å². The lowest BCUT2D eigenvalue weighted by Crippen LogP contribution is -2.11. The van der Waals surface area contributed by atoms with E-state index in [4.69, 9.17) is 5.11 Å². The average Bonchev–Trinajstić information content (AvgIpc) is 2.77. The van der Waals surface area contributed by atoms with Crippen LogP contribution in [0.15, 0.2) is 18.2 Å². The minimum absolute atomic E-state index is 0.279. The third-order valence-electron chi connectivity index (χ3n) is 4.03. The summed E-state index contributed by atoms with van der Waals surface area (Å²) in [7, 11) is 0. The van der Waals surface area contributed by atoms with Gasteiger partial charge in [0.25, 0.3) is 0 Å². The van der Waals surface area contributed by atoms with E-state index < -0.39 is 11.8 Å². The van der Waals surface area contributed by atoms with Crippen molar-refractivity contribution in [2.45, 2.75) is 39.2 Å². The van der Waals surface area contributed by atoms with Gasteiger partial charge in [-0.2, -0.15) is 0 Å². The monoisotopic (exact) mass is 288 g/mol. The molecule has 0 spiro atoms. The Kier molecular flexibility index (Phi) is 3.49. The summed E-state index contributed by atoms with van der Waals surface area (Å²) in [6.07, 6.45) is 4.33. The third kappa shape index (κ3) is 2.55. The summed E-state index contributed by atoms with van der Waals surface area (Å²) in [5.41, 5.74) is 2.89. The van der Waals surface area contributed by atoms with Crippen LogP contribution in [0, 0.1) is 12.7 Å². The van der Waals surface area contributed by atoms with Crippen LogP contribution >= 0.6 is 0 Å². The Bertz CT molecular complexity index is 707. The molecule has 1 heterocycles. The van der Waals surface area contributed by atoms with E-state index in [2.05, 4.69) is 9.55 Å². The van der Waals surface area contributed by atoms with Gasteiger partial charge in [-0.1, -0.05) is 6.07 Å². The number of rotatable bonds is 3. The minimum Gasteiger partial charge on any atom is -0.478 e. The first-order valence-corrected chi connectivity index (χ1v) is 7.13. The molecule has 5 heteroatoms. The molecule has 0 saturated carbocycles. The number of benzene rings is 1. The van der Waals surface area contributed by atoms with Crippen molar-refractivity contribution in [2.24, 2.45) is 0 Å². The Balaban J connectivity index is 1.96. The lowest BCUT2D eigenvalue weighted by molar-refractivity contribution is 0.0691. The molecular weight excluding hydrogens is 271 g/mol. The van der Waals surface area contributed by atoms with E-state index in [-0.39, 0.29) is 5.56 Å². The van der Waals surface area contributed by atoms with Gasteiger partial charge in [-0.25, -0.2) is 14.2 Å². The minimum atomic E-state index is -1.24. The Morgan fingerprint density at radius 2 is 2.14 bits per heavy atom. The summed E-state index contributed by atoms with van der Waals surface area (Å²) < 4.78 is 15.6. The van der Waals surface area contributed by atoms with Crippen LogP contribution in [0.4, 0.5) is 4.39 Å². The summed E-state index contributed by atoms with van der Waals surface area (Å²) in [4.78, 5) is 15.6. The van der Waals surface area contributed by atoms with E-state index >= 15 is 0 Å². The molecule has 1 aromatic carbocycles. The number of aromatic nitrogens is 2. The molecule has 0 radical (unpaired) electrons. The Labute approximate surface area is 122 Å². The number of carboxylic acid groups (broad SMARTS) is 1. The van der Waals surface area contributed by atoms with Crippen LogP contribution in [0.2, 0.25) is 0 Å². The van der Waals surface area contributed by atoms with Crippen molar-refractivity contribution in [3.05, 3.63) is 52.4 Å². The van der Waals surface area contributed by atoms with Crippen LogP contribution in [-0.4, -0.2) is 20.6 Å². The zero-order valence-electron chi connectivity index (χ0n) is 11.9. The smallest absolute Gasteiger partial charge is 0.338 e. The molecular formula is C16H17FN2O2. The van der Waals surface area contributed by atoms with E-state index in [1.54, 1.807) is 6.07 Å². The van der Waals surface area contributed by atoms with E-state index in [9.17, 15) is 9.18 Å². The summed E-state index contributed by atoms with van der Waals surface area (Å²) in [6.45, 7) is 2.49. The first-order valence-electron chi connectivity index (χ1n) is 7.13. The molecule has 0 unspecified atom stereocenters. The second kappa shape index (κ2) is 5.31. The lowest BCUT2D eigenvalue weighted by atomic mass is 10.0. The summed E-state index contributed by atoms with van der Waals surface area (Å²) in [5, 5.41) is 9.00. The van der Waals surface area contributed by atoms with Crippen LogP contribution in [0.25, 0.3) is 0 Å². The number of hydrogen-bond donors (Lipinski definition) is 1. The largest absolute Gasteiger partial charge is 0.478 e. The molecule has 0 fully saturated rings. The van der Waals surface area contributed by atoms with E-state index in [0.29, 0.717) is 6.54 Å². The molecule has 0 saturated heterocycles. The van der Waals surface area contributed by atoms with Gasteiger partial charge in [-0.3, -0.25) is 0 Å². The molecule has 4 nitrogen and oxygen atoms in total. The molecule has 110 valence electrons. The predicted octanol–water partition coefficient (Wildman–Crippen LogP) is 2.96. The maximum Gasteiger partial charge on any atom is 0.338 e. The standard InChI is InChI=1S/C16H17FN2O2/c1-10-18-14-4-2-3-5-15(14)19(10)9-11-6-7-13(17)12(8-11)16(20)21/h6-8H,2-5,9H2,1H3,(H,20,21). The lowest BCUT2D eigenvalue weighted by Gasteiger charge is -2.15. The van der Waals surface area contributed by atoms with Crippen molar-refractivity contribution in [3.63, 3.8) is 0 Å². The number of aromatic carboxylic acids is 1. The van der Waals surface area contributed by atoms with Gasteiger partial charge in [0.1, 0.15) is 11.6 Å². The summed E-state index contributed by atoms with van der Waals surface area (Å²) in [5.74, 6) is -1.00. The normalized spacial score (nSPS) is 14.0. The molecule has 1 aliphatic rings. The zero-order chi connectivity index (χ0) is 15.0.